The van der Waals surface area contributed by atoms with E-state index in [1.807, 2.05) is 0 Å². The first kappa shape index (κ1) is 49.7. The third kappa shape index (κ3) is 47.7. The van der Waals surface area contributed by atoms with E-state index >= 15 is 0 Å². The van der Waals surface area contributed by atoms with Gasteiger partial charge in [-0.2, -0.15) is 0 Å². The molecule has 50 heavy (non-hydrogen) atoms. The van der Waals surface area contributed by atoms with Gasteiger partial charge in [0.2, 0.25) is 0 Å². The maximum Gasteiger partial charge on any atom is 0.327 e. The highest BCUT2D eigenvalue weighted by atomic mass is 31.2. The van der Waals surface area contributed by atoms with Gasteiger partial charge in [0.25, 0.3) is 0 Å². The van der Waals surface area contributed by atoms with Crippen molar-refractivity contribution in [2.75, 3.05) is 205 Å². The number of hydrogen-bond acceptors (Lipinski definition) is 18. The number of ether oxygens (including phenoxy) is 15. The molecule has 0 aromatic heterocycles. The normalized spacial score (nSPS) is 11.8. The van der Waals surface area contributed by atoms with E-state index in [-0.39, 0.29) is 13.2 Å². The summed E-state index contributed by atoms with van der Waals surface area (Å²) in [5.41, 5.74) is 0. The first-order valence-corrected chi connectivity index (χ1v) is 18.3. The summed E-state index contributed by atoms with van der Waals surface area (Å²) in [6.07, 6.45) is 0. The fourth-order valence-electron chi connectivity index (χ4n) is 3.28. The van der Waals surface area contributed by atoms with Crippen molar-refractivity contribution in [3.63, 3.8) is 0 Å². The minimum absolute atomic E-state index is 0.133. The van der Waals surface area contributed by atoms with Gasteiger partial charge in [-0.15, -0.1) is 0 Å². The summed E-state index contributed by atoms with van der Waals surface area (Å²) in [6.45, 7) is 14.3. The predicted molar refractivity (Wildman–Crippen MR) is 181 cm³/mol. The molecule has 302 valence electrons. The smallest absolute Gasteiger partial charge is 0.327 e. The van der Waals surface area contributed by atoms with Crippen LogP contribution in [0.15, 0.2) is 0 Å². The molecule has 0 spiro atoms. The molecule has 18 nitrogen and oxygen atoms in total. The van der Waals surface area contributed by atoms with Crippen LogP contribution in [-0.4, -0.2) is 215 Å². The predicted octanol–water partition coefficient (Wildman–Crippen LogP) is 0.0933. The van der Waals surface area contributed by atoms with Gasteiger partial charge in [0.1, 0.15) is 0 Å². The van der Waals surface area contributed by atoms with Crippen molar-refractivity contribution in [3.8, 4) is 0 Å². The van der Waals surface area contributed by atoms with E-state index in [1.54, 1.807) is 7.11 Å². The van der Waals surface area contributed by atoms with Gasteiger partial charge >= 0.3 is 8.60 Å². The average Bonchev–Trinajstić information content (AvgIpc) is 3.11. The first-order chi connectivity index (χ1) is 24.8. The minimum atomic E-state index is -2.32. The molecule has 0 amide bonds. The quantitative estimate of drug-likeness (QED) is 0.0628. The van der Waals surface area contributed by atoms with Crippen LogP contribution in [0.3, 0.4) is 0 Å². The molecule has 0 fully saturated rings. The lowest BCUT2D eigenvalue weighted by molar-refractivity contribution is -0.0299. The summed E-state index contributed by atoms with van der Waals surface area (Å²) in [5.74, 6) is 0. The van der Waals surface area contributed by atoms with E-state index in [0.29, 0.717) is 185 Å². The summed E-state index contributed by atoms with van der Waals surface area (Å²) in [6, 6.07) is 0. The molecule has 0 aliphatic rings. The van der Waals surface area contributed by atoms with E-state index in [2.05, 4.69) is 4.52 Å². The second-order valence-electron chi connectivity index (χ2n) is 9.65. The van der Waals surface area contributed by atoms with Crippen molar-refractivity contribution in [1.82, 2.24) is 0 Å². The third-order valence-corrected chi connectivity index (χ3v) is 6.12. The van der Waals surface area contributed by atoms with Crippen LogP contribution in [-0.2, 0) is 75.6 Å². The van der Waals surface area contributed by atoms with Crippen molar-refractivity contribution >= 4 is 8.60 Å². The minimum Gasteiger partial charge on any atom is -0.382 e. The maximum atomic E-state index is 8.57. The molecule has 0 unspecified atom stereocenters. The second-order valence-corrected chi connectivity index (χ2v) is 10.4. The topological polar surface area (TPSA) is 188 Å². The Kier molecular flexibility index (Phi) is 46.5. The average molecular weight is 757 g/mol. The molecule has 0 bridgehead atoms. The van der Waals surface area contributed by atoms with Crippen LogP contribution in [0.2, 0.25) is 0 Å². The lowest BCUT2D eigenvalue weighted by atomic mass is 10.6. The lowest BCUT2D eigenvalue weighted by Gasteiger charge is -2.09. The Morgan fingerprint density at radius 3 is 0.520 bits per heavy atom. The van der Waals surface area contributed by atoms with Crippen LogP contribution >= 0.6 is 8.60 Å². The summed E-state index contributed by atoms with van der Waals surface area (Å²) in [5, 5.41) is 0. The van der Waals surface area contributed by atoms with Crippen LogP contribution in [0, 0.1) is 0 Å². The van der Waals surface area contributed by atoms with Gasteiger partial charge in [-0.25, -0.2) is 0 Å². The molecule has 0 aliphatic heterocycles. The van der Waals surface area contributed by atoms with Gasteiger partial charge in [0.05, 0.1) is 198 Å². The van der Waals surface area contributed by atoms with Gasteiger partial charge < -0.3 is 85.4 Å². The molecule has 2 N–H and O–H groups in total. The molecule has 0 aliphatic carbocycles. The van der Waals surface area contributed by atoms with Crippen molar-refractivity contribution < 1.29 is 85.4 Å². The zero-order valence-electron chi connectivity index (χ0n) is 30.1. The van der Waals surface area contributed by atoms with Crippen molar-refractivity contribution in [2.24, 2.45) is 0 Å². The Bertz CT molecular complexity index is 602. The highest BCUT2D eigenvalue weighted by molar-refractivity contribution is 7.39. The molecule has 0 rings (SSSR count). The van der Waals surface area contributed by atoms with E-state index in [9.17, 15) is 0 Å². The van der Waals surface area contributed by atoms with Gasteiger partial charge in [-0.1, -0.05) is 0 Å². The molecule has 0 saturated carbocycles. The van der Waals surface area contributed by atoms with E-state index in [4.69, 9.17) is 80.8 Å². The molecule has 0 aromatic rings. The molecular weight excluding hydrogens is 691 g/mol. The number of rotatable bonds is 46. The number of hydrogen-bond donors (Lipinski definition) is 2. The van der Waals surface area contributed by atoms with Crippen LogP contribution in [0.1, 0.15) is 0 Å². The largest absolute Gasteiger partial charge is 0.382 e. The van der Waals surface area contributed by atoms with Crippen molar-refractivity contribution in [1.29, 1.82) is 0 Å². The summed E-state index contributed by atoms with van der Waals surface area (Å²) in [7, 11) is -0.680. The molecule has 0 atom stereocenters. The first-order valence-electron chi connectivity index (χ1n) is 17.2. The SMILES string of the molecule is COCCOCCOCCOCCOCCOCCOCCOCCOCCOCCOCCOCCOCCOCCOCCOP(O)O. The summed E-state index contributed by atoms with van der Waals surface area (Å²) < 4.78 is 85.3. The summed E-state index contributed by atoms with van der Waals surface area (Å²) >= 11 is 0. The van der Waals surface area contributed by atoms with E-state index in [1.165, 1.54) is 0 Å². The van der Waals surface area contributed by atoms with Crippen LogP contribution in [0.5, 0.6) is 0 Å². The Labute approximate surface area is 299 Å². The van der Waals surface area contributed by atoms with Crippen LogP contribution in [0.25, 0.3) is 0 Å². The molecule has 19 heteroatoms. The standard InChI is InChI=1S/C31H65O18P/c1-34-2-3-35-4-5-36-6-7-37-8-9-38-10-11-39-12-13-40-14-15-41-16-17-42-18-19-43-20-21-44-22-23-45-24-25-46-26-27-47-28-29-48-30-31-49-50(32)33/h32-33H,2-31H2,1H3. The van der Waals surface area contributed by atoms with Crippen LogP contribution < -0.4 is 0 Å². The van der Waals surface area contributed by atoms with E-state index < -0.39 is 8.60 Å². The van der Waals surface area contributed by atoms with Gasteiger partial charge in [-0.3, -0.25) is 0 Å². The zero-order chi connectivity index (χ0) is 36.1. The highest BCUT2D eigenvalue weighted by Gasteiger charge is 1.99. The van der Waals surface area contributed by atoms with E-state index in [0.717, 1.165) is 0 Å². The highest BCUT2D eigenvalue weighted by Crippen LogP contribution is 2.23. The Morgan fingerprint density at radius 1 is 0.240 bits per heavy atom. The van der Waals surface area contributed by atoms with Gasteiger partial charge in [-0.05, 0) is 0 Å². The van der Waals surface area contributed by atoms with Gasteiger partial charge in [0, 0.05) is 7.11 Å². The third-order valence-electron chi connectivity index (χ3n) is 5.70. The fraction of sp³-hybridized carbons (Fsp3) is 1.00. The molecule has 0 heterocycles. The van der Waals surface area contributed by atoms with Crippen LogP contribution in [0.4, 0.5) is 0 Å². The monoisotopic (exact) mass is 756 g/mol. The molecule has 0 saturated heterocycles. The molecular formula is C31H65O18P. The lowest BCUT2D eigenvalue weighted by Crippen LogP contribution is -2.15. The maximum absolute atomic E-state index is 8.57. The fourth-order valence-corrected chi connectivity index (χ4v) is 3.52. The Morgan fingerprint density at radius 2 is 0.380 bits per heavy atom. The Hall–Kier alpha value is -0.290. The van der Waals surface area contributed by atoms with Crippen molar-refractivity contribution in [3.05, 3.63) is 0 Å². The van der Waals surface area contributed by atoms with Crippen molar-refractivity contribution in [2.45, 2.75) is 0 Å². The second kappa shape index (κ2) is 46.7. The molecule has 0 radical (unpaired) electrons. The molecule has 0 aromatic carbocycles. The zero-order valence-corrected chi connectivity index (χ0v) is 31.0. The van der Waals surface area contributed by atoms with Gasteiger partial charge in [0.15, 0.2) is 0 Å². The number of methoxy groups -OCH3 is 1. The summed E-state index contributed by atoms with van der Waals surface area (Å²) in [4.78, 5) is 17.1. The Balaban J connectivity index is 3.05.